The summed E-state index contributed by atoms with van der Waals surface area (Å²) in [5.74, 6) is 2.25. The summed E-state index contributed by atoms with van der Waals surface area (Å²) >= 11 is 6.02. The molecule has 0 fully saturated rings. The highest BCUT2D eigenvalue weighted by Gasteiger charge is 2.17. The van der Waals surface area contributed by atoms with Crippen molar-refractivity contribution in [2.45, 2.75) is 32.1 Å². The first-order valence-corrected chi connectivity index (χ1v) is 9.36. The molecule has 0 amide bonds. The van der Waals surface area contributed by atoms with Crippen LogP contribution in [-0.4, -0.2) is 12.1 Å². The first-order valence-electron chi connectivity index (χ1n) is 8.98. The molecule has 138 valence electrons. The Bertz CT molecular complexity index is 909. The van der Waals surface area contributed by atoms with Crippen molar-refractivity contribution in [3.05, 3.63) is 59.4 Å². The van der Waals surface area contributed by atoms with Crippen LogP contribution in [0.2, 0.25) is 5.02 Å². The molecule has 0 aliphatic rings. The van der Waals surface area contributed by atoms with Crippen LogP contribution in [0.5, 0.6) is 5.75 Å². The van der Waals surface area contributed by atoms with Crippen LogP contribution >= 0.6 is 11.6 Å². The largest absolute Gasteiger partial charge is 0.497 e. The van der Waals surface area contributed by atoms with Crippen molar-refractivity contribution in [1.29, 1.82) is 5.26 Å². The van der Waals surface area contributed by atoms with Gasteiger partial charge in [0, 0.05) is 29.0 Å². The number of oxazole rings is 1. The normalized spacial score (nSPS) is 10.6. The Kier molecular flexibility index (Phi) is 6.51. The summed E-state index contributed by atoms with van der Waals surface area (Å²) in [5.41, 5.74) is 2.72. The van der Waals surface area contributed by atoms with Gasteiger partial charge in [-0.25, -0.2) is 4.98 Å². The van der Waals surface area contributed by atoms with Gasteiger partial charge in [-0.15, -0.1) is 0 Å². The first kappa shape index (κ1) is 19.0. The van der Waals surface area contributed by atoms with E-state index in [0.717, 1.165) is 54.0 Å². The number of nitriles is 1. The van der Waals surface area contributed by atoms with Gasteiger partial charge >= 0.3 is 0 Å². The average Bonchev–Trinajstić information content (AvgIpc) is 3.12. The van der Waals surface area contributed by atoms with E-state index in [1.54, 1.807) is 7.11 Å². The lowest BCUT2D eigenvalue weighted by Gasteiger charge is -2.03. The number of methoxy groups -OCH3 is 1. The molecule has 5 heteroatoms. The molecule has 0 N–H and O–H groups in total. The molecule has 3 aromatic rings. The van der Waals surface area contributed by atoms with Crippen LogP contribution in [-0.2, 0) is 6.42 Å². The third-order valence-electron chi connectivity index (χ3n) is 4.32. The second-order valence-corrected chi connectivity index (χ2v) is 6.68. The molecule has 2 aromatic carbocycles. The number of benzene rings is 2. The standard InChI is InChI=1S/C22H21ClN2O2/c1-26-19-13-9-17(10-14-19)22-21(16-7-11-18(23)12-8-16)25-20(27-22)6-4-2-3-5-15-24/h7-14H,2-6H2,1H3. The SMILES string of the molecule is COc1ccc(-c2oc(CCCCCC#N)nc2-c2ccc(Cl)cc2)cc1. The molecule has 27 heavy (non-hydrogen) atoms. The zero-order chi connectivity index (χ0) is 19.1. The van der Waals surface area contributed by atoms with E-state index in [9.17, 15) is 0 Å². The fourth-order valence-corrected chi connectivity index (χ4v) is 3.00. The van der Waals surface area contributed by atoms with Crippen molar-refractivity contribution in [3.8, 4) is 34.4 Å². The lowest BCUT2D eigenvalue weighted by molar-refractivity contribution is 0.415. The molecule has 1 aromatic heterocycles. The number of ether oxygens (including phenoxy) is 1. The molecule has 0 spiro atoms. The van der Waals surface area contributed by atoms with Crippen LogP contribution in [0.1, 0.15) is 31.6 Å². The van der Waals surface area contributed by atoms with Gasteiger partial charge in [0.2, 0.25) is 0 Å². The molecule has 0 bridgehead atoms. The van der Waals surface area contributed by atoms with E-state index in [2.05, 4.69) is 6.07 Å². The van der Waals surface area contributed by atoms with E-state index in [1.165, 1.54) is 0 Å². The minimum absolute atomic E-state index is 0.596. The van der Waals surface area contributed by atoms with Gasteiger partial charge in [-0.2, -0.15) is 5.26 Å². The van der Waals surface area contributed by atoms with Crippen molar-refractivity contribution in [1.82, 2.24) is 4.98 Å². The fraction of sp³-hybridized carbons (Fsp3) is 0.273. The number of unbranched alkanes of at least 4 members (excludes halogenated alkanes) is 3. The van der Waals surface area contributed by atoms with Crippen LogP contribution < -0.4 is 4.74 Å². The van der Waals surface area contributed by atoms with E-state index in [1.807, 2.05) is 48.5 Å². The Hall–Kier alpha value is -2.77. The lowest BCUT2D eigenvalue weighted by Crippen LogP contribution is -1.87. The molecule has 0 saturated heterocycles. The molecular weight excluding hydrogens is 360 g/mol. The van der Waals surface area contributed by atoms with Crippen molar-refractivity contribution in [3.63, 3.8) is 0 Å². The number of nitrogens with zero attached hydrogens (tertiary/aromatic N) is 2. The van der Waals surface area contributed by atoms with Crippen LogP contribution in [0.4, 0.5) is 0 Å². The minimum Gasteiger partial charge on any atom is -0.497 e. The van der Waals surface area contributed by atoms with E-state index >= 15 is 0 Å². The van der Waals surface area contributed by atoms with Crippen LogP contribution in [0, 0.1) is 11.3 Å². The maximum atomic E-state index is 8.63. The zero-order valence-corrected chi connectivity index (χ0v) is 16.0. The lowest BCUT2D eigenvalue weighted by atomic mass is 10.1. The zero-order valence-electron chi connectivity index (χ0n) is 15.2. The Morgan fingerprint density at radius 2 is 1.70 bits per heavy atom. The van der Waals surface area contributed by atoms with Gasteiger partial charge < -0.3 is 9.15 Å². The molecule has 4 nitrogen and oxygen atoms in total. The summed E-state index contributed by atoms with van der Waals surface area (Å²) in [5, 5.41) is 9.32. The fourth-order valence-electron chi connectivity index (χ4n) is 2.87. The predicted octanol–water partition coefficient (Wildman–Crippen LogP) is 6.30. The first-order chi connectivity index (χ1) is 13.2. The average molecular weight is 381 g/mol. The van der Waals surface area contributed by atoms with Crippen LogP contribution in [0.25, 0.3) is 22.6 Å². The number of aryl methyl sites for hydroxylation is 1. The highest BCUT2D eigenvalue weighted by atomic mass is 35.5. The smallest absolute Gasteiger partial charge is 0.195 e. The quantitative estimate of drug-likeness (QED) is 0.430. The highest BCUT2D eigenvalue weighted by molar-refractivity contribution is 6.30. The maximum Gasteiger partial charge on any atom is 0.195 e. The van der Waals surface area contributed by atoms with Crippen molar-refractivity contribution in [2.24, 2.45) is 0 Å². The van der Waals surface area contributed by atoms with E-state index < -0.39 is 0 Å². The maximum absolute atomic E-state index is 8.63. The number of aromatic nitrogens is 1. The van der Waals surface area contributed by atoms with Gasteiger partial charge in [0.1, 0.15) is 11.4 Å². The van der Waals surface area contributed by atoms with Gasteiger partial charge in [0.05, 0.1) is 13.2 Å². The van der Waals surface area contributed by atoms with Gasteiger partial charge in [0.25, 0.3) is 0 Å². The van der Waals surface area contributed by atoms with Crippen molar-refractivity contribution in [2.75, 3.05) is 7.11 Å². The molecule has 0 saturated carbocycles. The van der Waals surface area contributed by atoms with Gasteiger partial charge in [0.15, 0.2) is 11.7 Å². The van der Waals surface area contributed by atoms with E-state index in [-0.39, 0.29) is 0 Å². The molecule has 0 unspecified atom stereocenters. The molecular formula is C22H21ClN2O2. The number of hydrogen-bond acceptors (Lipinski definition) is 4. The Morgan fingerprint density at radius 1 is 1.00 bits per heavy atom. The summed E-state index contributed by atoms with van der Waals surface area (Å²) in [7, 11) is 1.65. The summed E-state index contributed by atoms with van der Waals surface area (Å²) in [6, 6.07) is 17.5. The second kappa shape index (κ2) is 9.25. The summed E-state index contributed by atoms with van der Waals surface area (Å²) in [6.45, 7) is 0. The predicted molar refractivity (Wildman–Crippen MR) is 107 cm³/mol. The van der Waals surface area contributed by atoms with Gasteiger partial charge in [-0.3, -0.25) is 0 Å². The Labute approximate surface area is 164 Å². The summed E-state index contributed by atoms with van der Waals surface area (Å²) in [6.07, 6.45) is 4.20. The molecule has 3 rings (SSSR count). The van der Waals surface area contributed by atoms with Crippen molar-refractivity contribution >= 4 is 11.6 Å². The highest BCUT2D eigenvalue weighted by Crippen LogP contribution is 2.34. The monoisotopic (exact) mass is 380 g/mol. The topological polar surface area (TPSA) is 59.0 Å². The van der Waals surface area contributed by atoms with Crippen LogP contribution in [0.3, 0.4) is 0 Å². The number of rotatable bonds is 8. The number of hydrogen-bond donors (Lipinski definition) is 0. The van der Waals surface area contributed by atoms with Crippen molar-refractivity contribution < 1.29 is 9.15 Å². The second-order valence-electron chi connectivity index (χ2n) is 6.24. The molecule has 0 atom stereocenters. The third kappa shape index (κ3) is 4.90. The van der Waals surface area contributed by atoms with E-state index in [0.29, 0.717) is 17.3 Å². The van der Waals surface area contributed by atoms with E-state index in [4.69, 9.17) is 31.0 Å². The van der Waals surface area contributed by atoms with Gasteiger partial charge in [-0.05, 0) is 49.2 Å². The van der Waals surface area contributed by atoms with Gasteiger partial charge in [-0.1, -0.05) is 30.2 Å². The van der Waals surface area contributed by atoms with Crippen LogP contribution in [0.15, 0.2) is 52.9 Å². The molecule has 0 radical (unpaired) electrons. The molecule has 0 aliphatic carbocycles. The minimum atomic E-state index is 0.596. The third-order valence-corrected chi connectivity index (χ3v) is 4.57. The summed E-state index contributed by atoms with van der Waals surface area (Å²) in [4.78, 5) is 4.74. The molecule has 0 aliphatic heterocycles. The molecule has 1 heterocycles. The summed E-state index contributed by atoms with van der Waals surface area (Å²) < 4.78 is 11.4. The Morgan fingerprint density at radius 3 is 2.37 bits per heavy atom. The number of halogens is 1. The Balaban J connectivity index is 1.88.